The number of hydrogen-bond donors (Lipinski definition) is 0. The fourth-order valence-corrected chi connectivity index (χ4v) is 12.6. The summed E-state index contributed by atoms with van der Waals surface area (Å²) in [6.45, 7) is 11.9. The predicted molar refractivity (Wildman–Crippen MR) is 201 cm³/mol. The van der Waals surface area contributed by atoms with Crippen LogP contribution in [-0.4, -0.2) is 73.8 Å². The van der Waals surface area contributed by atoms with Gasteiger partial charge in [-0.05, 0) is 38.5 Å². The van der Waals surface area contributed by atoms with E-state index >= 15 is 0 Å². The van der Waals surface area contributed by atoms with Crippen molar-refractivity contribution < 1.29 is 28.4 Å². The summed E-state index contributed by atoms with van der Waals surface area (Å²) in [6.07, 6.45) is 20.7. The van der Waals surface area contributed by atoms with Crippen molar-refractivity contribution in [2.75, 3.05) is 26.9 Å². The Morgan fingerprint density at radius 1 is 0.708 bits per heavy atom. The smallest absolute Gasteiger partial charge is 0.186 e. The second kappa shape index (κ2) is 18.6. The standard InChI is InChI=1S/C40H62O6Si2/c1-41-40-38(43-26-16-30-48(4,5)28-14-22-33-19-11-12-20-33)37(36-35(45-40)31-44-39(46-36)34-23-7-6-8-24-34)42-25-15-29-47(2,3)27-13-21-32-17-9-10-18-32/h6-12,17,19,23-24,35-40H,13-16,18,20-22,25-31H2,1-5H3/t35-,36-,37+,38-,39?,40+/m1/s1. The van der Waals surface area contributed by atoms with Crippen LogP contribution < -0.4 is 0 Å². The number of allylic oxidation sites excluding steroid dienone is 8. The lowest BCUT2D eigenvalue weighted by atomic mass is 9.97. The first-order valence-corrected chi connectivity index (χ1v) is 25.5. The number of benzene rings is 1. The highest BCUT2D eigenvalue weighted by molar-refractivity contribution is 6.77. The van der Waals surface area contributed by atoms with Crippen molar-refractivity contribution in [3.8, 4) is 0 Å². The molecular formula is C40H62O6Si2. The summed E-state index contributed by atoms with van der Waals surface area (Å²) in [4.78, 5) is 0. The summed E-state index contributed by atoms with van der Waals surface area (Å²) in [7, 11) is -0.917. The molecule has 8 heteroatoms. The van der Waals surface area contributed by atoms with Crippen LogP contribution >= 0.6 is 0 Å². The maximum atomic E-state index is 6.80. The maximum Gasteiger partial charge on any atom is 0.186 e. The predicted octanol–water partition coefficient (Wildman–Crippen LogP) is 9.77. The molecule has 0 bridgehead atoms. The van der Waals surface area contributed by atoms with Gasteiger partial charge in [0.15, 0.2) is 12.6 Å². The van der Waals surface area contributed by atoms with Crippen molar-refractivity contribution in [1.82, 2.24) is 0 Å². The highest BCUT2D eigenvalue weighted by Gasteiger charge is 2.51. The minimum absolute atomic E-state index is 0.276. The fourth-order valence-electron chi connectivity index (χ4n) is 7.61. The zero-order chi connectivity index (χ0) is 33.8. The molecule has 0 aromatic heterocycles. The van der Waals surface area contributed by atoms with Crippen LogP contribution in [0.4, 0.5) is 0 Å². The average molecular weight is 695 g/mol. The van der Waals surface area contributed by atoms with Gasteiger partial charge in [-0.15, -0.1) is 0 Å². The van der Waals surface area contributed by atoms with E-state index in [-0.39, 0.29) is 24.4 Å². The lowest BCUT2D eigenvalue weighted by Crippen LogP contribution is -2.63. The summed E-state index contributed by atoms with van der Waals surface area (Å²) in [6, 6.07) is 15.4. The molecule has 0 radical (unpaired) electrons. The van der Waals surface area contributed by atoms with E-state index in [9.17, 15) is 0 Å². The van der Waals surface area contributed by atoms with Gasteiger partial charge in [0.25, 0.3) is 0 Å². The average Bonchev–Trinajstić information content (AvgIpc) is 3.80. The van der Waals surface area contributed by atoms with Gasteiger partial charge in [-0.25, -0.2) is 0 Å². The molecule has 5 rings (SSSR count). The number of methoxy groups -OCH3 is 1. The minimum Gasteiger partial charge on any atom is -0.372 e. The summed E-state index contributed by atoms with van der Waals surface area (Å²) in [5.41, 5.74) is 4.17. The number of ether oxygens (including phenoxy) is 6. The summed E-state index contributed by atoms with van der Waals surface area (Å²) >= 11 is 0. The largest absolute Gasteiger partial charge is 0.372 e. The molecule has 2 aliphatic carbocycles. The monoisotopic (exact) mass is 694 g/mol. The SMILES string of the molecule is CO[C@H]1O[C@@H]2COC(c3ccccc3)O[C@H]2[C@H](OCCC[Si](C)(C)CCCC2=CC=CC2)[C@H]1OCCC[Si](C)(C)CCCC1=CC=CC1. The van der Waals surface area contributed by atoms with Gasteiger partial charge in [0.2, 0.25) is 0 Å². The number of fused-ring (bicyclic) bond motifs is 1. The third-order valence-electron chi connectivity index (χ3n) is 10.6. The van der Waals surface area contributed by atoms with E-state index in [2.05, 4.69) is 74.8 Å². The Kier molecular flexibility index (Phi) is 14.6. The molecule has 2 fully saturated rings. The van der Waals surface area contributed by atoms with Crippen LogP contribution in [0.5, 0.6) is 0 Å². The van der Waals surface area contributed by atoms with Gasteiger partial charge < -0.3 is 28.4 Å². The van der Waals surface area contributed by atoms with Gasteiger partial charge in [0.1, 0.15) is 24.4 Å². The molecule has 2 heterocycles. The highest BCUT2D eigenvalue weighted by atomic mass is 28.3. The Labute approximate surface area is 293 Å². The molecule has 0 N–H and O–H groups in total. The van der Waals surface area contributed by atoms with Crippen LogP contribution in [0.15, 0.2) is 77.9 Å². The van der Waals surface area contributed by atoms with Crippen molar-refractivity contribution >= 4 is 16.1 Å². The third-order valence-corrected chi connectivity index (χ3v) is 17.4. The molecule has 1 aromatic rings. The first-order chi connectivity index (χ1) is 23.2. The highest BCUT2D eigenvalue weighted by Crippen LogP contribution is 2.37. The lowest BCUT2D eigenvalue weighted by Gasteiger charge is -2.48. The molecule has 2 aliphatic heterocycles. The van der Waals surface area contributed by atoms with Gasteiger partial charge in [-0.1, -0.05) is 141 Å². The molecule has 1 aromatic carbocycles. The van der Waals surface area contributed by atoms with Crippen molar-refractivity contribution in [1.29, 1.82) is 0 Å². The summed E-state index contributed by atoms with van der Waals surface area (Å²) in [5.74, 6) is 0. The first kappa shape index (κ1) is 37.6. The molecule has 48 heavy (non-hydrogen) atoms. The van der Waals surface area contributed by atoms with E-state index in [1.54, 1.807) is 18.3 Å². The molecular weight excluding hydrogens is 633 g/mol. The number of rotatable bonds is 20. The van der Waals surface area contributed by atoms with Crippen molar-refractivity contribution in [3.63, 3.8) is 0 Å². The van der Waals surface area contributed by atoms with E-state index in [1.807, 2.05) is 18.2 Å². The van der Waals surface area contributed by atoms with Crippen molar-refractivity contribution in [2.45, 2.75) is 139 Å². The molecule has 0 spiro atoms. The van der Waals surface area contributed by atoms with E-state index < -0.39 is 28.7 Å². The van der Waals surface area contributed by atoms with Crippen LogP contribution in [0.25, 0.3) is 0 Å². The van der Waals surface area contributed by atoms with Gasteiger partial charge >= 0.3 is 0 Å². The van der Waals surface area contributed by atoms with Crippen molar-refractivity contribution in [2.24, 2.45) is 0 Å². The molecule has 2 saturated heterocycles. The summed E-state index contributed by atoms with van der Waals surface area (Å²) in [5, 5.41) is 0. The summed E-state index contributed by atoms with van der Waals surface area (Å²) < 4.78 is 38.6. The van der Waals surface area contributed by atoms with E-state index in [0.717, 1.165) is 31.2 Å². The van der Waals surface area contributed by atoms with Crippen LogP contribution in [0, 0.1) is 0 Å². The first-order valence-electron chi connectivity index (χ1n) is 18.7. The second-order valence-electron chi connectivity index (χ2n) is 15.8. The third kappa shape index (κ3) is 11.5. The Bertz CT molecular complexity index is 1240. The Hall–Kier alpha value is -1.63. The normalized spacial score (nSPS) is 27.3. The molecule has 6 atom stereocenters. The molecule has 0 saturated carbocycles. The van der Waals surface area contributed by atoms with Gasteiger partial charge in [0, 0.05) is 42.0 Å². The van der Waals surface area contributed by atoms with Gasteiger partial charge in [-0.3, -0.25) is 0 Å². The van der Waals surface area contributed by atoms with E-state index in [1.165, 1.54) is 49.9 Å². The second-order valence-corrected chi connectivity index (χ2v) is 26.4. The minimum atomic E-state index is -1.31. The molecule has 6 nitrogen and oxygen atoms in total. The molecule has 266 valence electrons. The molecule has 1 unspecified atom stereocenters. The Balaban J connectivity index is 1.16. The fraction of sp³-hybridized carbons (Fsp3) is 0.650. The van der Waals surface area contributed by atoms with E-state index in [4.69, 9.17) is 28.4 Å². The van der Waals surface area contributed by atoms with Gasteiger partial charge in [-0.2, -0.15) is 0 Å². The molecule has 4 aliphatic rings. The quantitative estimate of drug-likeness (QED) is 0.100. The number of hydrogen-bond acceptors (Lipinski definition) is 6. The van der Waals surface area contributed by atoms with Crippen LogP contribution in [-0.2, 0) is 28.4 Å². The van der Waals surface area contributed by atoms with Crippen molar-refractivity contribution in [3.05, 3.63) is 83.5 Å². The van der Waals surface area contributed by atoms with E-state index in [0.29, 0.717) is 19.8 Å². The Morgan fingerprint density at radius 2 is 1.27 bits per heavy atom. The maximum absolute atomic E-state index is 6.80. The molecule has 0 amide bonds. The Morgan fingerprint density at radius 3 is 1.81 bits per heavy atom. The van der Waals surface area contributed by atoms with Crippen LogP contribution in [0.3, 0.4) is 0 Å². The van der Waals surface area contributed by atoms with Gasteiger partial charge in [0.05, 0.1) is 6.61 Å². The van der Waals surface area contributed by atoms with Crippen LogP contribution in [0.2, 0.25) is 50.4 Å². The van der Waals surface area contributed by atoms with Crippen LogP contribution in [0.1, 0.15) is 63.2 Å². The lowest BCUT2D eigenvalue weighted by molar-refractivity contribution is -0.367. The topological polar surface area (TPSA) is 55.4 Å². The zero-order valence-electron chi connectivity index (χ0n) is 30.4. The zero-order valence-corrected chi connectivity index (χ0v) is 32.4.